The second kappa shape index (κ2) is 2.89. The molecule has 1 aliphatic heterocycles. The molecule has 0 aromatic carbocycles. The van der Waals surface area contributed by atoms with Gasteiger partial charge in [-0.25, -0.2) is 9.97 Å². The minimum atomic E-state index is 0.550. The third kappa shape index (κ3) is 1.11. The lowest BCUT2D eigenvalue weighted by Gasteiger charge is -2.31. The molecule has 1 fully saturated rings. The van der Waals surface area contributed by atoms with Crippen LogP contribution in [0.5, 0.6) is 0 Å². The third-order valence-corrected chi connectivity index (χ3v) is 2.88. The molecule has 2 aromatic rings. The average molecular weight is 201 g/mol. The Morgan fingerprint density at radius 2 is 2.20 bits per heavy atom. The highest BCUT2D eigenvalue weighted by atomic mass is 15.3. The fourth-order valence-corrected chi connectivity index (χ4v) is 1.96. The molecule has 0 saturated carbocycles. The largest absolute Gasteiger partial charge is 0.382 e. The van der Waals surface area contributed by atoms with Crippen LogP contribution in [0.4, 0.5) is 11.8 Å². The summed E-state index contributed by atoms with van der Waals surface area (Å²) in [6, 6.07) is 0. The van der Waals surface area contributed by atoms with Crippen molar-refractivity contribution >= 4 is 30.7 Å². The number of anilines is 2. The Hall–Kier alpha value is -1.72. The quantitative estimate of drug-likeness (QED) is 0.587. The Balaban J connectivity index is 2.27. The molecule has 6 heteroatoms. The Kier molecular flexibility index (Phi) is 1.65. The van der Waals surface area contributed by atoms with E-state index in [0.29, 0.717) is 5.82 Å². The van der Waals surface area contributed by atoms with E-state index in [-0.39, 0.29) is 0 Å². The smallest absolute Gasteiger partial charge is 0.209 e. The van der Waals surface area contributed by atoms with Crippen molar-refractivity contribution in [3.05, 3.63) is 12.4 Å². The molecule has 0 unspecified atom stereocenters. The molecule has 0 amide bonds. The molecule has 3 rings (SSSR count). The molecule has 1 aliphatic rings. The van der Waals surface area contributed by atoms with Crippen LogP contribution < -0.4 is 16.2 Å². The van der Waals surface area contributed by atoms with Crippen LogP contribution in [0.1, 0.15) is 6.42 Å². The standard InChI is InChI=1S/C9H12BN5/c10-7-6-8(11)12-2-5-15(6)9(13-7)14-3-1-4-14/h2,5H,1,3-4,10H2,(H2,11,12). The van der Waals surface area contributed by atoms with E-state index in [1.54, 1.807) is 6.20 Å². The van der Waals surface area contributed by atoms with Crippen LogP contribution in [0.3, 0.4) is 0 Å². The number of hydrogen-bond donors (Lipinski definition) is 1. The fraction of sp³-hybridized carbons (Fsp3) is 0.333. The highest BCUT2D eigenvalue weighted by Gasteiger charge is 2.21. The van der Waals surface area contributed by atoms with Crippen molar-refractivity contribution in [2.75, 3.05) is 23.7 Å². The average Bonchev–Trinajstić information content (AvgIpc) is 2.43. The van der Waals surface area contributed by atoms with Gasteiger partial charge in [-0.3, -0.25) is 4.40 Å². The first-order chi connectivity index (χ1) is 7.27. The molecule has 0 spiro atoms. The van der Waals surface area contributed by atoms with Gasteiger partial charge in [-0.1, -0.05) is 0 Å². The van der Waals surface area contributed by atoms with Crippen molar-refractivity contribution in [1.29, 1.82) is 0 Å². The highest BCUT2D eigenvalue weighted by Crippen LogP contribution is 2.20. The summed E-state index contributed by atoms with van der Waals surface area (Å²) >= 11 is 0. The summed E-state index contributed by atoms with van der Waals surface area (Å²) in [5.41, 5.74) is 7.72. The summed E-state index contributed by atoms with van der Waals surface area (Å²) < 4.78 is 2.02. The van der Waals surface area contributed by atoms with Gasteiger partial charge in [-0.15, -0.1) is 0 Å². The zero-order valence-electron chi connectivity index (χ0n) is 8.64. The maximum absolute atomic E-state index is 5.84. The number of nitrogen functional groups attached to an aromatic ring is 1. The van der Waals surface area contributed by atoms with Crippen LogP contribution in [0.15, 0.2) is 12.4 Å². The van der Waals surface area contributed by atoms with Crippen molar-refractivity contribution in [3.8, 4) is 0 Å². The van der Waals surface area contributed by atoms with Crippen molar-refractivity contribution in [2.24, 2.45) is 0 Å². The number of imidazole rings is 1. The zero-order valence-corrected chi connectivity index (χ0v) is 8.64. The lowest BCUT2D eigenvalue weighted by Crippen LogP contribution is -2.38. The number of aromatic nitrogens is 3. The molecular weight excluding hydrogens is 189 g/mol. The molecule has 0 bridgehead atoms. The van der Waals surface area contributed by atoms with Crippen molar-refractivity contribution in [2.45, 2.75) is 6.42 Å². The molecule has 2 N–H and O–H groups in total. The lowest BCUT2D eigenvalue weighted by atomic mass is 10.0. The van der Waals surface area contributed by atoms with Gasteiger partial charge in [0.25, 0.3) is 0 Å². The van der Waals surface area contributed by atoms with Crippen molar-refractivity contribution in [1.82, 2.24) is 14.4 Å². The fourth-order valence-electron chi connectivity index (χ4n) is 1.96. The molecule has 76 valence electrons. The highest BCUT2D eigenvalue weighted by molar-refractivity contribution is 6.36. The Labute approximate surface area is 88.3 Å². The number of nitrogens with two attached hydrogens (primary N) is 1. The van der Waals surface area contributed by atoms with Gasteiger partial charge in [0.05, 0.1) is 0 Å². The summed E-state index contributed by atoms with van der Waals surface area (Å²) in [5.74, 6) is 1.54. The molecular formula is C9H12BN5. The van der Waals surface area contributed by atoms with E-state index in [1.165, 1.54) is 6.42 Å². The maximum atomic E-state index is 5.84. The van der Waals surface area contributed by atoms with Gasteiger partial charge < -0.3 is 10.6 Å². The summed E-state index contributed by atoms with van der Waals surface area (Å²) in [6.45, 7) is 2.17. The van der Waals surface area contributed by atoms with Gasteiger partial charge in [0.1, 0.15) is 11.3 Å². The third-order valence-electron chi connectivity index (χ3n) is 2.88. The van der Waals surface area contributed by atoms with E-state index in [2.05, 4.69) is 14.9 Å². The maximum Gasteiger partial charge on any atom is 0.209 e. The summed E-state index contributed by atoms with van der Waals surface area (Å²) in [6.07, 6.45) is 4.88. The number of fused-ring (bicyclic) bond motifs is 1. The Morgan fingerprint density at radius 3 is 2.87 bits per heavy atom. The number of hydrogen-bond acceptors (Lipinski definition) is 4. The Bertz CT molecular complexity index is 516. The van der Waals surface area contributed by atoms with E-state index in [1.807, 2.05) is 18.4 Å². The van der Waals surface area contributed by atoms with Gasteiger partial charge in [-0.2, -0.15) is 0 Å². The first kappa shape index (κ1) is 8.58. The second-order valence-electron chi connectivity index (χ2n) is 3.87. The predicted molar refractivity (Wildman–Crippen MR) is 62.4 cm³/mol. The van der Waals surface area contributed by atoms with E-state index in [0.717, 1.165) is 30.1 Å². The summed E-state index contributed by atoms with van der Waals surface area (Å²) in [5, 5.41) is 0. The predicted octanol–water partition coefficient (Wildman–Crippen LogP) is -1.22. The van der Waals surface area contributed by atoms with Gasteiger partial charge >= 0.3 is 0 Å². The summed E-state index contributed by atoms with van der Waals surface area (Å²) in [7, 11) is 1.97. The van der Waals surface area contributed by atoms with Crippen molar-refractivity contribution < 1.29 is 0 Å². The van der Waals surface area contributed by atoms with E-state index in [9.17, 15) is 0 Å². The normalized spacial score (nSPS) is 15.6. The van der Waals surface area contributed by atoms with Crippen molar-refractivity contribution in [3.63, 3.8) is 0 Å². The molecule has 0 radical (unpaired) electrons. The van der Waals surface area contributed by atoms with E-state index >= 15 is 0 Å². The molecule has 5 nitrogen and oxygen atoms in total. The monoisotopic (exact) mass is 201 g/mol. The van der Waals surface area contributed by atoms with Crippen LogP contribution in [0, 0.1) is 0 Å². The first-order valence-electron chi connectivity index (χ1n) is 5.11. The number of rotatable bonds is 1. The van der Waals surface area contributed by atoms with Crippen LogP contribution in [-0.4, -0.2) is 35.3 Å². The van der Waals surface area contributed by atoms with Crippen LogP contribution >= 0.6 is 0 Å². The second-order valence-corrected chi connectivity index (χ2v) is 3.87. The molecule has 1 saturated heterocycles. The molecule has 15 heavy (non-hydrogen) atoms. The topological polar surface area (TPSA) is 59.5 Å². The lowest BCUT2D eigenvalue weighted by molar-refractivity contribution is 0.599. The van der Waals surface area contributed by atoms with Crippen LogP contribution in [-0.2, 0) is 0 Å². The van der Waals surface area contributed by atoms with Gasteiger partial charge in [0.15, 0.2) is 7.85 Å². The Morgan fingerprint density at radius 1 is 1.40 bits per heavy atom. The minimum absolute atomic E-state index is 0.550. The molecule has 2 aromatic heterocycles. The number of nitrogens with zero attached hydrogens (tertiary/aromatic N) is 4. The van der Waals surface area contributed by atoms with Gasteiger partial charge in [0.2, 0.25) is 5.95 Å². The first-order valence-corrected chi connectivity index (χ1v) is 5.11. The van der Waals surface area contributed by atoms with Gasteiger partial charge in [-0.05, 0) is 6.42 Å². The van der Waals surface area contributed by atoms with E-state index < -0.39 is 0 Å². The van der Waals surface area contributed by atoms with Crippen LogP contribution in [0.25, 0.3) is 5.52 Å². The molecule has 0 aliphatic carbocycles. The molecule has 3 heterocycles. The minimum Gasteiger partial charge on any atom is -0.382 e. The zero-order chi connectivity index (χ0) is 10.4. The van der Waals surface area contributed by atoms with Crippen LogP contribution in [0.2, 0.25) is 0 Å². The van der Waals surface area contributed by atoms with E-state index in [4.69, 9.17) is 5.73 Å². The molecule has 0 atom stereocenters. The van der Waals surface area contributed by atoms with Gasteiger partial charge in [0, 0.05) is 31.1 Å². The summed E-state index contributed by atoms with van der Waals surface area (Å²) in [4.78, 5) is 10.9. The SMILES string of the molecule is Bc1nc(N2CCC2)n2ccnc(N)c12.